The molecule has 3 nitrogen and oxygen atoms in total. The van der Waals surface area contributed by atoms with E-state index >= 15 is 0 Å². The third-order valence-corrected chi connectivity index (χ3v) is 6.88. The average Bonchev–Trinajstić information content (AvgIpc) is 3.11. The molecular formula is C19H21NO2S2. The Morgan fingerprint density at radius 2 is 2.00 bits per heavy atom. The maximum atomic E-state index is 12.5. The molecular weight excluding hydrogens is 338 g/mol. The van der Waals surface area contributed by atoms with E-state index in [4.69, 9.17) is 4.74 Å². The number of hydrogen-bond acceptors (Lipinski definition) is 4. The maximum Gasteiger partial charge on any atom is 0.255 e. The predicted octanol–water partition coefficient (Wildman–Crippen LogP) is 5.12. The lowest BCUT2D eigenvalue weighted by molar-refractivity contribution is 0.102. The summed E-state index contributed by atoms with van der Waals surface area (Å²) < 4.78 is 6.01. The number of rotatable bonds is 5. The van der Waals surface area contributed by atoms with Gasteiger partial charge in [-0.05, 0) is 55.3 Å². The number of benzene rings is 2. The lowest BCUT2D eigenvalue weighted by atomic mass is 10.1. The summed E-state index contributed by atoms with van der Waals surface area (Å²) in [4.78, 5) is 12.5. The second-order valence-electron chi connectivity index (χ2n) is 5.57. The Morgan fingerprint density at radius 3 is 2.71 bits per heavy atom. The van der Waals surface area contributed by atoms with Crippen molar-refractivity contribution in [1.29, 1.82) is 0 Å². The number of nitrogens with one attached hydrogen (secondary N) is 1. The van der Waals surface area contributed by atoms with Crippen molar-refractivity contribution < 1.29 is 9.53 Å². The van der Waals surface area contributed by atoms with Crippen LogP contribution in [0.5, 0.6) is 5.75 Å². The first-order valence-corrected chi connectivity index (χ1v) is 10.1. The van der Waals surface area contributed by atoms with Gasteiger partial charge in [-0.15, -0.1) is 23.5 Å². The first-order chi connectivity index (χ1) is 11.7. The molecule has 0 aliphatic carbocycles. The van der Waals surface area contributed by atoms with E-state index in [9.17, 15) is 4.79 Å². The van der Waals surface area contributed by atoms with Gasteiger partial charge in [-0.2, -0.15) is 0 Å². The van der Waals surface area contributed by atoms with Crippen LogP contribution in [0.3, 0.4) is 0 Å². The molecule has 1 saturated heterocycles. The quantitative estimate of drug-likeness (QED) is 0.804. The molecule has 1 N–H and O–H groups in total. The molecule has 1 aliphatic heterocycles. The molecule has 0 unspecified atom stereocenters. The van der Waals surface area contributed by atoms with Gasteiger partial charge in [0.2, 0.25) is 0 Å². The van der Waals surface area contributed by atoms with Crippen molar-refractivity contribution in [3.05, 3.63) is 59.2 Å². The van der Waals surface area contributed by atoms with Gasteiger partial charge in [-0.3, -0.25) is 4.79 Å². The van der Waals surface area contributed by atoms with E-state index in [1.54, 1.807) is 6.07 Å². The molecule has 0 bridgehead atoms. The number of amides is 1. The van der Waals surface area contributed by atoms with Crippen LogP contribution in [0.25, 0.3) is 0 Å². The first kappa shape index (κ1) is 17.2. The van der Waals surface area contributed by atoms with Crippen molar-refractivity contribution in [2.75, 3.05) is 23.4 Å². The molecule has 0 radical (unpaired) electrons. The van der Waals surface area contributed by atoms with Crippen LogP contribution in [0.4, 0.5) is 5.69 Å². The highest BCUT2D eigenvalue weighted by atomic mass is 32.2. The minimum atomic E-state index is -0.0926. The van der Waals surface area contributed by atoms with E-state index in [0.717, 1.165) is 17.0 Å². The van der Waals surface area contributed by atoms with Crippen LogP contribution in [0.1, 0.15) is 33.0 Å². The van der Waals surface area contributed by atoms with Gasteiger partial charge in [0, 0.05) is 22.8 Å². The normalized spacial score (nSPS) is 14.6. The fraction of sp³-hybridized carbons (Fsp3) is 0.316. The number of ether oxygens (including phenoxy) is 1. The van der Waals surface area contributed by atoms with Crippen LogP contribution in [0.15, 0.2) is 42.5 Å². The van der Waals surface area contributed by atoms with Crippen LogP contribution in [-0.2, 0) is 0 Å². The summed E-state index contributed by atoms with van der Waals surface area (Å²) in [6.07, 6.45) is 0. The van der Waals surface area contributed by atoms with Crippen LogP contribution >= 0.6 is 23.5 Å². The molecule has 3 rings (SSSR count). The summed E-state index contributed by atoms with van der Waals surface area (Å²) in [5.41, 5.74) is 3.73. The van der Waals surface area contributed by atoms with Gasteiger partial charge < -0.3 is 10.1 Å². The van der Waals surface area contributed by atoms with E-state index in [2.05, 4.69) is 17.4 Å². The third-order valence-electron chi connectivity index (χ3n) is 3.78. The van der Waals surface area contributed by atoms with Crippen molar-refractivity contribution >= 4 is 35.1 Å². The number of anilines is 1. The molecule has 5 heteroatoms. The van der Waals surface area contributed by atoms with Crippen molar-refractivity contribution in [3.63, 3.8) is 0 Å². The van der Waals surface area contributed by atoms with E-state index in [0.29, 0.717) is 16.8 Å². The minimum Gasteiger partial charge on any atom is -0.494 e. The molecule has 1 heterocycles. The van der Waals surface area contributed by atoms with Gasteiger partial charge in [0.25, 0.3) is 5.91 Å². The molecule has 126 valence electrons. The van der Waals surface area contributed by atoms with Gasteiger partial charge in [0.15, 0.2) is 0 Å². The van der Waals surface area contributed by atoms with Gasteiger partial charge in [-0.1, -0.05) is 12.1 Å². The Hall–Kier alpha value is -1.59. The molecule has 2 aromatic carbocycles. The zero-order valence-corrected chi connectivity index (χ0v) is 15.5. The van der Waals surface area contributed by atoms with Crippen molar-refractivity contribution in [1.82, 2.24) is 0 Å². The number of aryl methyl sites for hydroxylation is 1. The van der Waals surface area contributed by atoms with Crippen LogP contribution in [0, 0.1) is 6.92 Å². The smallest absolute Gasteiger partial charge is 0.255 e. The van der Waals surface area contributed by atoms with Crippen LogP contribution < -0.4 is 10.1 Å². The molecule has 24 heavy (non-hydrogen) atoms. The summed E-state index contributed by atoms with van der Waals surface area (Å²) in [6, 6.07) is 13.7. The molecule has 1 amide bonds. The topological polar surface area (TPSA) is 38.3 Å². The van der Waals surface area contributed by atoms with E-state index < -0.39 is 0 Å². The summed E-state index contributed by atoms with van der Waals surface area (Å²) >= 11 is 3.93. The SMILES string of the molecule is CCOc1ccc(C(=O)Nc2cccc(C3SCCS3)c2)cc1C. The summed E-state index contributed by atoms with van der Waals surface area (Å²) in [5.74, 6) is 3.12. The fourth-order valence-corrected chi connectivity index (χ4v) is 5.46. The Bertz CT molecular complexity index is 727. The second-order valence-corrected chi connectivity index (χ2v) is 8.29. The second kappa shape index (κ2) is 7.99. The van der Waals surface area contributed by atoms with E-state index in [1.807, 2.05) is 61.6 Å². The molecule has 1 fully saturated rings. The maximum absolute atomic E-state index is 12.5. The highest BCUT2D eigenvalue weighted by Gasteiger charge is 2.18. The van der Waals surface area contributed by atoms with E-state index in [-0.39, 0.29) is 5.91 Å². The van der Waals surface area contributed by atoms with Crippen molar-refractivity contribution in [2.45, 2.75) is 18.4 Å². The summed E-state index contributed by atoms with van der Waals surface area (Å²) in [5, 5.41) is 3.00. The van der Waals surface area contributed by atoms with Crippen molar-refractivity contribution in [2.24, 2.45) is 0 Å². The molecule has 2 aromatic rings. The van der Waals surface area contributed by atoms with Crippen molar-refractivity contribution in [3.8, 4) is 5.75 Å². The Morgan fingerprint density at radius 1 is 1.21 bits per heavy atom. The predicted molar refractivity (Wildman–Crippen MR) is 104 cm³/mol. The lowest BCUT2D eigenvalue weighted by Gasteiger charge is -2.12. The highest BCUT2D eigenvalue weighted by molar-refractivity contribution is 8.19. The zero-order chi connectivity index (χ0) is 16.9. The Kier molecular flexibility index (Phi) is 5.74. The van der Waals surface area contributed by atoms with Gasteiger partial charge in [0.05, 0.1) is 11.2 Å². The van der Waals surface area contributed by atoms with Crippen LogP contribution in [-0.4, -0.2) is 24.0 Å². The highest BCUT2D eigenvalue weighted by Crippen LogP contribution is 2.45. The van der Waals surface area contributed by atoms with Gasteiger partial charge in [0.1, 0.15) is 5.75 Å². The molecule has 0 aromatic heterocycles. The zero-order valence-electron chi connectivity index (χ0n) is 13.9. The lowest BCUT2D eigenvalue weighted by Crippen LogP contribution is -2.12. The third kappa shape index (κ3) is 4.08. The van der Waals surface area contributed by atoms with E-state index in [1.165, 1.54) is 17.1 Å². The van der Waals surface area contributed by atoms with Gasteiger partial charge in [-0.25, -0.2) is 0 Å². The fourth-order valence-electron chi connectivity index (χ4n) is 2.63. The van der Waals surface area contributed by atoms with Crippen LogP contribution in [0.2, 0.25) is 0 Å². The molecule has 1 aliphatic rings. The monoisotopic (exact) mass is 359 g/mol. The Labute approximate surface area is 151 Å². The number of carbonyl (C=O) groups is 1. The largest absolute Gasteiger partial charge is 0.494 e. The standard InChI is InChI=1S/C19H21NO2S2/c1-3-22-17-8-7-14(11-13(17)2)18(21)20-16-6-4-5-15(12-16)19-23-9-10-24-19/h4-8,11-12,19H,3,9-10H2,1-2H3,(H,20,21). The number of carbonyl (C=O) groups excluding carboxylic acids is 1. The molecule has 0 spiro atoms. The summed E-state index contributed by atoms with van der Waals surface area (Å²) in [6.45, 7) is 4.53. The first-order valence-electron chi connectivity index (χ1n) is 8.05. The number of hydrogen-bond donors (Lipinski definition) is 1. The molecule has 0 saturated carbocycles. The summed E-state index contributed by atoms with van der Waals surface area (Å²) in [7, 11) is 0. The Balaban J connectivity index is 1.72. The van der Waals surface area contributed by atoms with Gasteiger partial charge >= 0.3 is 0 Å². The minimum absolute atomic E-state index is 0.0926. The average molecular weight is 360 g/mol. The number of thioether (sulfide) groups is 2. The molecule has 0 atom stereocenters.